The zero-order chi connectivity index (χ0) is 14.0. The molecule has 0 aromatic rings. The monoisotopic (exact) mass is 272 g/mol. The van der Waals surface area contributed by atoms with E-state index in [1.54, 1.807) is 6.92 Å². The van der Waals surface area contributed by atoms with Crippen LogP contribution >= 0.6 is 0 Å². The summed E-state index contributed by atoms with van der Waals surface area (Å²) in [5, 5.41) is 0. The number of rotatable bonds is 10. The van der Waals surface area contributed by atoms with Gasteiger partial charge < -0.3 is 9.16 Å². The zero-order valence-electron chi connectivity index (χ0n) is 12.4. The third-order valence-electron chi connectivity index (χ3n) is 3.33. The number of carbonyl (C=O) groups excluding carboxylic acids is 1. The number of unbranched alkanes of at least 4 members (excludes halogenated alkanes) is 1. The van der Waals surface area contributed by atoms with Crippen LogP contribution in [0.3, 0.4) is 0 Å². The van der Waals surface area contributed by atoms with Crippen LogP contribution in [0.4, 0.5) is 0 Å². The van der Waals surface area contributed by atoms with Gasteiger partial charge in [0.1, 0.15) is 0 Å². The largest absolute Gasteiger partial charge is 0.463 e. The van der Waals surface area contributed by atoms with Gasteiger partial charge in [-0.1, -0.05) is 33.8 Å². The first-order valence-electron chi connectivity index (χ1n) is 6.98. The molecule has 0 aliphatic rings. The van der Waals surface area contributed by atoms with Crippen molar-refractivity contribution in [3.05, 3.63) is 12.2 Å². The molecule has 0 heterocycles. The quantitative estimate of drug-likeness (QED) is 0.262. The van der Waals surface area contributed by atoms with E-state index in [1.165, 1.54) is 0 Å². The third kappa shape index (κ3) is 6.35. The molecule has 106 valence electrons. The normalized spacial score (nSPS) is 11.3. The maximum absolute atomic E-state index is 11.3. The molecule has 0 saturated carbocycles. The van der Waals surface area contributed by atoms with Crippen LogP contribution in [0, 0.1) is 0 Å². The van der Waals surface area contributed by atoms with Crippen LogP contribution in [0.2, 0.25) is 18.1 Å². The molecule has 0 rings (SSSR count). The summed E-state index contributed by atoms with van der Waals surface area (Å²) < 4.78 is 11.3. The van der Waals surface area contributed by atoms with Gasteiger partial charge in [-0.3, -0.25) is 0 Å². The van der Waals surface area contributed by atoms with Crippen LogP contribution < -0.4 is 0 Å². The molecule has 0 N–H and O–H groups in total. The summed E-state index contributed by atoms with van der Waals surface area (Å²) in [5.41, 5.74) is 0.460. The van der Waals surface area contributed by atoms with Crippen molar-refractivity contribution in [2.45, 2.75) is 58.7 Å². The first kappa shape index (κ1) is 17.4. The van der Waals surface area contributed by atoms with E-state index in [1.807, 2.05) is 0 Å². The Balaban J connectivity index is 4.16. The van der Waals surface area contributed by atoms with E-state index in [-0.39, 0.29) is 5.97 Å². The van der Waals surface area contributed by atoms with Gasteiger partial charge in [0.25, 0.3) is 0 Å². The molecular weight excluding hydrogens is 244 g/mol. The second-order valence-electron chi connectivity index (χ2n) is 4.76. The maximum atomic E-state index is 11.3. The van der Waals surface area contributed by atoms with Gasteiger partial charge in [0.2, 0.25) is 0 Å². The Bertz CT molecular complexity index is 260. The standard InChI is InChI=1S/C14H28O3Si/c1-6-9-10-17-18(7-2,8-3)12-11-16-14(15)13(4)5/h4,6-12H2,1-3,5H3. The minimum absolute atomic E-state index is 0.293. The molecular formula is C14H28O3Si. The predicted octanol–water partition coefficient (Wildman–Crippen LogP) is 3.91. The molecule has 0 bridgehead atoms. The minimum Gasteiger partial charge on any atom is -0.463 e. The summed E-state index contributed by atoms with van der Waals surface area (Å²) in [6.07, 6.45) is 2.27. The highest BCUT2D eigenvalue weighted by atomic mass is 28.4. The van der Waals surface area contributed by atoms with Crippen molar-refractivity contribution in [3.63, 3.8) is 0 Å². The molecule has 0 amide bonds. The van der Waals surface area contributed by atoms with Crippen molar-refractivity contribution in [1.29, 1.82) is 0 Å². The summed E-state index contributed by atoms with van der Waals surface area (Å²) >= 11 is 0. The van der Waals surface area contributed by atoms with Crippen LogP contribution in [0.15, 0.2) is 12.2 Å². The molecule has 0 spiro atoms. The van der Waals surface area contributed by atoms with Crippen molar-refractivity contribution in [2.24, 2.45) is 0 Å². The summed E-state index contributed by atoms with van der Waals surface area (Å²) in [4.78, 5) is 11.3. The van der Waals surface area contributed by atoms with Crippen LogP contribution in [0.1, 0.15) is 40.5 Å². The van der Waals surface area contributed by atoms with Crippen molar-refractivity contribution in [3.8, 4) is 0 Å². The third-order valence-corrected chi connectivity index (χ3v) is 7.84. The Kier molecular flexibility index (Phi) is 9.02. The number of ether oxygens (including phenoxy) is 1. The van der Waals surface area contributed by atoms with E-state index in [0.717, 1.165) is 37.6 Å². The van der Waals surface area contributed by atoms with E-state index in [4.69, 9.17) is 9.16 Å². The predicted molar refractivity (Wildman–Crippen MR) is 78.2 cm³/mol. The van der Waals surface area contributed by atoms with Gasteiger partial charge in [0.05, 0.1) is 6.61 Å². The number of carbonyl (C=O) groups is 1. The van der Waals surface area contributed by atoms with Gasteiger partial charge in [0.15, 0.2) is 8.32 Å². The second-order valence-corrected chi connectivity index (χ2v) is 9.33. The summed E-state index contributed by atoms with van der Waals surface area (Å²) in [6, 6.07) is 3.05. The SMILES string of the molecule is C=C(C)C(=O)OCC[Si](CC)(CC)OCCCC. The molecule has 0 radical (unpaired) electrons. The molecule has 0 aliphatic heterocycles. The average Bonchev–Trinajstić information content (AvgIpc) is 2.37. The van der Waals surface area contributed by atoms with Crippen molar-refractivity contribution < 1.29 is 14.0 Å². The molecule has 0 unspecified atom stereocenters. The lowest BCUT2D eigenvalue weighted by atomic mass is 10.4. The lowest BCUT2D eigenvalue weighted by molar-refractivity contribution is -0.138. The Morgan fingerprint density at radius 1 is 1.17 bits per heavy atom. The first-order valence-corrected chi connectivity index (χ1v) is 9.50. The number of esters is 1. The van der Waals surface area contributed by atoms with Gasteiger partial charge in [-0.05, 0) is 25.4 Å². The average molecular weight is 272 g/mol. The summed E-state index contributed by atoms with van der Waals surface area (Å²) in [7, 11) is -1.69. The molecule has 0 aromatic carbocycles. The zero-order valence-corrected chi connectivity index (χ0v) is 13.4. The second kappa shape index (κ2) is 9.33. The Morgan fingerprint density at radius 2 is 1.78 bits per heavy atom. The number of hydrogen-bond donors (Lipinski definition) is 0. The van der Waals surface area contributed by atoms with Gasteiger partial charge in [-0.2, -0.15) is 0 Å². The molecule has 0 aromatic heterocycles. The van der Waals surface area contributed by atoms with Crippen molar-refractivity contribution in [1.82, 2.24) is 0 Å². The van der Waals surface area contributed by atoms with E-state index in [0.29, 0.717) is 12.2 Å². The lowest BCUT2D eigenvalue weighted by Crippen LogP contribution is -2.38. The molecule has 0 atom stereocenters. The van der Waals surface area contributed by atoms with Gasteiger partial charge >= 0.3 is 5.97 Å². The Morgan fingerprint density at radius 3 is 2.22 bits per heavy atom. The Labute approximate surface area is 113 Å². The topological polar surface area (TPSA) is 35.5 Å². The molecule has 3 nitrogen and oxygen atoms in total. The summed E-state index contributed by atoms with van der Waals surface area (Å²) in [6.45, 7) is 13.1. The molecule has 0 aliphatic carbocycles. The fourth-order valence-corrected chi connectivity index (χ4v) is 4.58. The highest BCUT2D eigenvalue weighted by molar-refractivity contribution is 6.73. The number of hydrogen-bond acceptors (Lipinski definition) is 3. The highest BCUT2D eigenvalue weighted by Gasteiger charge is 2.30. The van der Waals surface area contributed by atoms with Crippen molar-refractivity contribution >= 4 is 14.3 Å². The van der Waals surface area contributed by atoms with Crippen LogP contribution in [-0.2, 0) is 14.0 Å². The minimum atomic E-state index is -1.69. The summed E-state index contributed by atoms with van der Waals surface area (Å²) in [5.74, 6) is -0.293. The van der Waals surface area contributed by atoms with Crippen LogP contribution in [0.5, 0.6) is 0 Å². The van der Waals surface area contributed by atoms with E-state index < -0.39 is 8.32 Å². The van der Waals surface area contributed by atoms with Crippen LogP contribution in [0.25, 0.3) is 0 Å². The van der Waals surface area contributed by atoms with Crippen LogP contribution in [-0.4, -0.2) is 27.5 Å². The van der Waals surface area contributed by atoms with Gasteiger partial charge in [-0.25, -0.2) is 4.79 Å². The highest BCUT2D eigenvalue weighted by Crippen LogP contribution is 2.22. The Hall–Kier alpha value is -0.613. The van der Waals surface area contributed by atoms with E-state index in [9.17, 15) is 4.79 Å². The first-order chi connectivity index (χ1) is 8.51. The fraction of sp³-hybridized carbons (Fsp3) is 0.786. The maximum Gasteiger partial charge on any atom is 0.333 e. The molecule has 0 saturated heterocycles. The molecule has 18 heavy (non-hydrogen) atoms. The van der Waals surface area contributed by atoms with E-state index >= 15 is 0 Å². The van der Waals surface area contributed by atoms with Gasteiger partial charge in [0, 0.05) is 18.2 Å². The van der Waals surface area contributed by atoms with Crippen molar-refractivity contribution in [2.75, 3.05) is 13.2 Å². The fourth-order valence-electron chi connectivity index (χ4n) is 1.77. The van der Waals surface area contributed by atoms with Gasteiger partial charge in [-0.15, -0.1) is 0 Å². The molecule has 0 fully saturated rings. The van der Waals surface area contributed by atoms with E-state index in [2.05, 4.69) is 27.4 Å². The lowest BCUT2D eigenvalue weighted by Gasteiger charge is -2.29. The molecule has 4 heteroatoms. The smallest absolute Gasteiger partial charge is 0.333 e.